The smallest absolute Gasteiger partial charge is 0.118 e. The first-order valence-corrected chi connectivity index (χ1v) is 5.96. The van der Waals surface area contributed by atoms with Crippen molar-refractivity contribution in [2.24, 2.45) is 0 Å². The first-order chi connectivity index (χ1) is 7.86. The molecule has 16 heavy (non-hydrogen) atoms. The van der Waals surface area contributed by atoms with Crippen molar-refractivity contribution in [3.05, 3.63) is 35.9 Å². The Morgan fingerprint density at radius 3 is 2.56 bits per heavy atom. The fourth-order valence-corrected chi connectivity index (χ4v) is 1.51. The van der Waals surface area contributed by atoms with Crippen molar-refractivity contribution in [3.63, 3.8) is 0 Å². The lowest BCUT2D eigenvalue weighted by atomic mass is 10.1. The lowest BCUT2D eigenvalue weighted by Gasteiger charge is -2.07. The highest BCUT2D eigenvalue weighted by atomic mass is 16.5. The zero-order valence-corrected chi connectivity index (χ0v) is 10.2. The zero-order chi connectivity index (χ0) is 11.6. The molecular formula is C15H20O. The van der Waals surface area contributed by atoms with Crippen molar-refractivity contribution in [2.45, 2.75) is 38.7 Å². The number of methoxy groups -OCH3 is 1. The van der Waals surface area contributed by atoms with Crippen LogP contribution in [-0.2, 0) is 4.74 Å². The molecule has 1 atom stereocenters. The highest BCUT2D eigenvalue weighted by Crippen LogP contribution is 2.05. The SMILES string of the molecule is CCCCCC(C#Cc1ccccc1)OC. The summed E-state index contributed by atoms with van der Waals surface area (Å²) in [7, 11) is 1.73. The number of benzene rings is 1. The van der Waals surface area contributed by atoms with Gasteiger partial charge in [0, 0.05) is 12.7 Å². The average molecular weight is 216 g/mol. The maximum Gasteiger partial charge on any atom is 0.118 e. The molecule has 1 unspecified atom stereocenters. The minimum Gasteiger partial charge on any atom is -0.369 e. The molecule has 0 bridgehead atoms. The Hall–Kier alpha value is -1.26. The van der Waals surface area contributed by atoms with Crippen molar-refractivity contribution in [2.75, 3.05) is 7.11 Å². The van der Waals surface area contributed by atoms with Crippen molar-refractivity contribution in [1.82, 2.24) is 0 Å². The van der Waals surface area contributed by atoms with Gasteiger partial charge in [0.2, 0.25) is 0 Å². The molecule has 0 heterocycles. The minimum absolute atomic E-state index is 0.0757. The van der Waals surface area contributed by atoms with Crippen LogP contribution in [-0.4, -0.2) is 13.2 Å². The van der Waals surface area contributed by atoms with E-state index in [1.54, 1.807) is 7.11 Å². The summed E-state index contributed by atoms with van der Waals surface area (Å²) in [6.45, 7) is 2.21. The van der Waals surface area contributed by atoms with Gasteiger partial charge in [-0.05, 0) is 25.0 Å². The van der Waals surface area contributed by atoms with Gasteiger partial charge in [0.05, 0.1) is 0 Å². The van der Waals surface area contributed by atoms with Crippen LogP contribution in [0.3, 0.4) is 0 Å². The summed E-state index contributed by atoms with van der Waals surface area (Å²) in [6, 6.07) is 10.0. The van der Waals surface area contributed by atoms with Crippen LogP contribution < -0.4 is 0 Å². The van der Waals surface area contributed by atoms with Crippen molar-refractivity contribution in [3.8, 4) is 11.8 Å². The van der Waals surface area contributed by atoms with Gasteiger partial charge >= 0.3 is 0 Å². The Balaban J connectivity index is 2.46. The van der Waals surface area contributed by atoms with Crippen LogP contribution in [0.1, 0.15) is 38.2 Å². The molecule has 1 aromatic rings. The zero-order valence-electron chi connectivity index (χ0n) is 10.2. The number of rotatable bonds is 5. The summed E-state index contributed by atoms with van der Waals surface area (Å²) in [5.41, 5.74) is 1.06. The fourth-order valence-electron chi connectivity index (χ4n) is 1.51. The molecule has 0 N–H and O–H groups in total. The van der Waals surface area contributed by atoms with Crippen LogP contribution in [0.4, 0.5) is 0 Å². The highest BCUT2D eigenvalue weighted by molar-refractivity contribution is 5.34. The van der Waals surface area contributed by atoms with Crippen LogP contribution in [0.5, 0.6) is 0 Å². The Kier molecular flexibility index (Phi) is 6.37. The van der Waals surface area contributed by atoms with Crippen LogP contribution in [0.15, 0.2) is 30.3 Å². The van der Waals surface area contributed by atoms with Gasteiger partial charge in [-0.25, -0.2) is 0 Å². The molecule has 0 aromatic heterocycles. The molecule has 0 aliphatic rings. The molecule has 0 radical (unpaired) electrons. The second-order valence-electron chi connectivity index (χ2n) is 3.86. The van der Waals surface area contributed by atoms with E-state index in [1.807, 2.05) is 30.3 Å². The fraction of sp³-hybridized carbons (Fsp3) is 0.467. The molecule has 0 aliphatic carbocycles. The van der Waals surface area contributed by atoms with E-state index in [0.717, 1.165) is 12.0 Å². The standard InChI is InChI=1S/C15H20O/c1-3-4-6-11-15(16-2)13-12-14-9-7-5-8-10-14/h5,7-10,15H,3-4,6,11H2,1-2H3. The molecule has 0 saturated heterocycles. The van der Waals surface area contributed by atoms with Gasteiger partial charge in [0.15, 0.2) is 0 Å². The van der Waals surface area contributed by atoms with E-state index in [2.05, 4.69) is 18.8 Å². The largest absolute Gasteiger partial charge is 0.369 e. The third kappa shape index (κ3) is 5.00. The van der Waals surface area contributed by atoms with E-state index in [-0.39, 0.29) is 6.10 Å². The molecule has 1 rings (SSSR count). The summed E-state index contributed by atoms with van der Waals surface area (Å²) < 4.78 is 5.34. The maximum absolute atomic E-state index is 5.34. The normalized spacial score (nSPS) is 11.6. The van der Waals surface area contributed by atoms with Gasteiger partial charge in [0.1, 0.15) is 6.10 Å². The molecule has 1 aromatic carbocycles. The molecular weight excluding hydrogens is 196 g/mol. The van der Waals surface area contributed by atoms with Crippen molar-refractivity contribution in [1.29, 1.82) is 0 Å². The minimum atomic E-state index is 0.0757. The molecule has 0 spiro atoms. The Labute approximate surface area is 98.8 Å². The monoisotopic (exact) mass is 216 g/mol. The lowest BCUT2D eigenvalue weighted by molar-refractivity contribution is 0.138. The van der Waals surface area contributed by atoms with E-state index >= 15 is 0 Å². The average Bonchev–Trinajstić information content (AvgIpc) is 2.35. The van der Waals surface area contributed by atoms with Crippen molar-refractivity contribution >= 4 is 0 Å². The molecule has 1 heteroatoms. The van der Waals surface area contributed by atoms with E-state index in [1.165, 1.54) is 19.3 Å². The predicted molar refractivity (Wildman–Crippen MR) is 68.3 cm³/mol. The van der Waals surface area contributed by atoms with E-state index in [4.69, 9.17) is 4.74 Å². The Morgan fingerprint density at radius 2 is 1.94 bits per heavy atom. The number of ether oxygens (including phenoxy) is 1. The first-order valence-electron chi connectivity index (χ1n) is 5.96. The lowest BCUT2D eigenvalue weighted by Crippen LogP contribution is -2.07. The highest BCUT2D eigenvalue weighted by Gasteiger charge is 2.01. The van der Waals surface area contributed by atoms with Crippen LogP contribution in [0.2, 0.25) is 0 Å². The third-order valence-corrected chi connectivity index (χ3v) is 2.51. The Morgan fingerprint density at radius 1 is 1.19 bits per heavy atom. The van der Waals surface area contributed by atoms with Gasteiger partial charge in [-0.15, -0.1) is 0 Å². The molecule has 0 fully saturated rings. The molecule has 1 nitrogen and oxygen atoms in total. The van der Waals surface area contributed by atoms with Gasteiger partial charge in [0.25, 0.3) is 0 Å². The third-order valence-electron chi connectivity index (χ3n) is 2.51. The maximum atomic E-state index is 5.34. The summed E-state index contributed by atoms with van der Waals surface area (Å²) in [5.74, 6) is 6.32. The summed E-state index contributed by atoms with van der Waals surface area (Å²) >= 11 is 0. The predicted octanol–water partition coefficient (Wildman–Crippen LogP) is 3.63. The molecule has 0 amide bonds. The quantitative estimate of drug-likeness (QED) is 0.539. The van der Waals surface area contributed by atoms with E-state index < -0.39 is 0 Å². The van der Waals surface area contributed by atoms with Crippen LogP contribution in [0, 0.1) is 11.8 Å². The number of unbranched alkanes of at least 4 members (excludes halogenated alkanes) is 2. The summed E-state index contributed by atoms with van der Waals surface area (Å²) in [6.07, 6.45) is 4.80. The number of hydrogen-bond acceptors (Lipinski definition) is 1. The summed E-state index contributed by atoms with van der Waals surface area (Å²) in [5, 5.41) is 0. The van der Waals surface area contributed by atoms with E-state index in [9.17, 15) is 0 Å². The molecule has 0 saturated carbocycles. The van der Waals surface area contributed by atoms with Gasteiger partial charge in [-0.3, -0.25) is 0 Å². The second kappa shape index (κ2) is 7.96. The van der Waals surface area contributed by atoms with Gasteiger partial charge in [-0.2, -0.15) is 0 Å². The van der Waals surface area contributed by atoms with E-state index in [0.29, 0.717) is 0 Å². The summed E-state index contributed by atoms with van der Waals surface area (Å²) in [4.78, 5) is 0. The Bertz CT molecular complexity index is 331. The molecule has 0 aliphatic heterocycles. The van der Waals surface area contributed by atoms with Gasteiger partial charge < -0.3 is 4.74 Å². The van der Waals surface area contributed by atoms with Crippen molar-refractivity contribution < 1.29 is 4.74 Å². The van der Waals surface area contributed by atoms with Gasteiger partial charge in [-0.1, -0.05) is 49.8 Å². The molecule has 86 valence electrons. The number of hydrogen-bond donors (Lipinski definition) is 0. The topological polar surface area (TPSA) is 9.23 Å². The second-order valence-corrected chi connectivity index (χ2v) is 3.86. The van der Waals surface area contributed by atoms with Crippen LogP contribution >= 0.6 is 0 Å². The first kappa shape index (κ1) is 12.8. The van der Waals surface area contributed by atoms with Crippen LogP contribution in [0.25, 0.3) is 0 Å².